The van der Waals surface area contributed by atoms with Crippen LogP contribution in [0, 0.1) is 22.7 Å². The van der Waals surface area contributed by atoms with Crippen LogP contribution in [0.15, 0.2) is 97.1 Å². The van der Waals surface area contributed by atoms with Crippen LogP contribution in [0.2, 0.25) is 0 Å². The Kier molecular flexibility index (Phi) is 4.50. The minimum absolute atomic E-state index is 0.408. The lowest BCUT2D eigenvalue weighted by molar-refractivity contribution is 0.152. The van der Waals surface area contributed by atoms with E-state index in [9.17, 15) is 15.6 Å². The molecule has 37 heavy (non-hydrogen) atoms. The van der Waals surface area contributed by atoms with Crippen LogP contribution in [0.1, 0.15) is 22.9 Å². The van der Waals surface area contributed by atoms with Crippen LogP contribution < -0.4 is 0 Å². The van der Waals surface area contributed by atoms with Gasteiger partial charge in [-0.3, -0.25) is 4.57 Å². The molecule has 1 aliphatic heterocycles. The molecule has 1 aliphatic rings. The Balaban J connectivity index is 1.62. The molecule has 6 aromatic rings. The summed E-state index contributed by atoms with van der Waals surface area (Å²) in [6.45, 7) is 0. The third-order valence-electron chi connectivity index (χ3n) is 7.17. The summed E-state index contributed by atoms with van der Waals surface area (Å²) in [4.78, 5) is 5.05. The number of rotatable bonds is 2. The number of nitriles is 2. The topological polar surface area (TPSA) is 85.6 Å². The summed E-state index contributed by atoms with van der Waals surface area (Å²) in [5, 5.41) is 32.5. The maximum absolute atomic E-state index is 11.8. The maximum atomic E-state index is 11.8. The number of aliphatic hydroxyl groups excluding tert-OH is 1. The summed E-state index contributed by atoms with van der Waals surface area (Å²) < 4.78 is 1.88. The molecule has 0 radical (unpaired) electrons. The van der Waals surface area contributed by atoms with Crippen molar-refractivity contribution in [3.8, 4) is 45.8 Å². The molecule has 1 unspecified atom stereocenters. The number of aromatic nitrogens is 2. The lowest BCUT2D eigenvalue weighted by Gasteiger charge is -2.26. The molecule has 5 heteroatoms. The van der Waals surface area contributed by atoms with Crippen molar-refractivity contribution in [3.63, 3.8) is 0 Å². The van der Waals surface area contributed by atoms with Crippen LogP contribution in [-0.4, -0.2) is 14.7 Å². The van der Waals surface area contributed by atoms with Crippen molar-refractivity contribution >= 4 is 21.8 Å². The van der Waals surface area contributed by atoms with E-state index in [2.05, 4.69) is 48.5 Å². The third-order valence-corrected chi connectivity index (χ3v) is 7.17. The summed E-state index contributed by atoms with van der Waals surface area (Å²) in [5.74, 6) is 0.613. The smallest absolute Gasteiger partial charge is 0.159 e. The summed E-state index contributed by atoms with van der Waals surface area (Å²) in [6.07, 6.45) is -1.03. The number of hydrogen-bond donors (Lipinski definition) is 1. The van der Waals surface area contributed by atoms with E-state index in [0.29, 0.717) is 33.3 Å². The maximum Gasteiger partial charge on any atom is 0.159 e. The lowest BCUT2D eigenvalue weighted by Crippen LogP contribution is -2.17. The Morgan fingerprint density at radius 3 is 2.00 bits per heavy atom. The van der Waals surface area contributed by atoms with Gasteiger partial charge < -0.3 is 5.11 Å². The van der Waals surface area contributed by atoms with Gasteiger partial charge in [-0.2, -0.15) is 10.5 Å². The van der Waals surface area contributed by atoms with E-state index in [1.54, 1.807) is 18.2 Å². The zero-order chi connectivity index (χ0) is 25.1. The normalized spacial score (nSPS) is 13.8. The second-order valence-corrected chi connectivity index (χ2v) is 9.14. The first-order valence-corrected chi connectivity index (χ1v) is 11.9. The molecule has 0 bridgehead atoms. The molecule has 0 spiro atoms. The molecule has 1 N–H and O–H groups in total. The van der Waals surface area contributed by atoms with Gasteiger partial charge in [-0.05, 0) is 47.0 Å². The molecular weight excluding hydrogens is 456 g/mol. The Morgan fingerprint density at radius 1 is 0.676 bits per heavy atom. The van der Waals surface area contributed by atoms with Crippen LogP contribution in [0.5, 0.6) is 0 Å². The predicted molar refractivity (Wildman–Crippen MR) is 143 cm³/mol. The van der Waals surface area contributed by atoms with E-state index in [4.69, 9.17) is 4.98 Å². The van der Waals surface area contributed by atoms with Crippen molar-refractivity contribution in [2.24, 2.45) is 0 Å². The van der Waals surface area contributed by atoms with Crippen molar-refractivity contribution in [1.82, 2.24) is 9.55 Å². The number of fused-ring (bicyclic) bond motifs is 4. The van der Waals surface area contributed by atoms with Gasteiger partial charge >= 0.3 is 0 Å². The Bertz CT molecular complexity index is 1940. The number of nitrogens with zero attached hydrogens (tertiary/aromatic N) is 4. The fourth-order valence-corrected chi connectivity index (χ4v) is 5.54. The van der Waals surface area contributed by atoms with Gasteiger partial charge in [0.2, 0.25) is 0 Å². The molecule has 0 saturated carbocycles. The molecule has 1 atom stereocenters. The SMILES string of the molecule is N#Cc1ccc2c3c(ccc(C#N)c13)C(O)n1c-2nc2cc(-c3ccccc3)cc(-c3ccccc3)c21. The molecular formula is C32H18N4O. The monoisotopic (exact) mass is 474 g/mol. The first-order chi connectivity index (χ1) is 18.2. The minimum Gasteiger partial charge on any atom is -0.369 e. The van der Waals surface area contributed by atoms with Crippen molar-refractivity contribution in [1.29, 1.82) is 10.5 Å². The summed E-state index contributed by atoms with van der Waals surface area (Å²) in [7, 11) is 0. The van der Waals surface area contributed by atoms with Gasteiger partial charge in [0, 0.05) is 27.5 Å². The van der Waals surface area contributed by atoms with Gasteiger partial charge in [0.1, 0.15) is 5.82 Å². The second kappa shape index (κ2) is 7.90. The Hall–Kier alpha value is -5.23. The van der Waals surface area contributed by atoms with Gasteiger partial charge in [-0.25, -0.2) is 4.98 Å². The fraction of sp³-hybridized carbons (Fsp3) is 0.0312. The number of hydrogen-bond acceptors (Lipinski definition) is 4. The van der Waals surface area contributed by atoms with E-state index in [-0.39, 0.29) is 0 Å². The lowest BCUT2D eigenvalue weighted by atomic mass is 9.89. The van der Waals surface area contributed by atoms with Gasteiger partial charge in [-0.1, -0.05) is 66.7 Å². The van der Waals surface area contributed by atoms with Gasteiger partial charge in [0.15, 0.2) is 6.23 Å². The quantitative estimate of drug-likeness (QED) is 0.299. The zero-order valence-corrected chi connectivity index (χ0v) is 19.6. The average Bonchev–Trinajstić information content (AvgIpc) is 3.35. The van der Waals surface area contributed by atoms with Crippen molar-refractivity contribution in [2.75, 3.05) is 0 Å². The predicted octanol–water partition coefficient (Wildman–Crippen LogP) is 6.79. The Morgan fingerprint density at radius 2 is 1.32 bits per heavy atom. The molecule has 172 valence electrons. The number of imidazole rings is 1. The highest BCUT2D eigenvalue weighted by molar-refractivity contribution is 6.07. The van der Waals surface area contributed by atoms with Crippen molar-refractivity contribution < 1.29 is 5.11 Å². The molecule has 0 fully saturated rings. The first kappa shape index (κ1) is 21.1. The van der Waals surface area contributed by atoms with Crippen LogP contribution in [0.3, 0.4) is 0 Å². The first-order valence-electron chi connectivity index (χ1n) is 11.9. The zero-order valence-electron chi connectivity index (χ0n) is 19.6. The average molecular weight is 475 g/mol. The molecule has 0 amide bonds. The van der Waals surface area contributed by atoms with E-state index in [0.717, 1.165) is 38.9 Å². The molecule has 0 saturated heterocycles. The highest BCUT2D eigenvalue weighted by Gasteiger charge is 2.31. The van der Waals surface area contributed by atoms with Gasteiger partial charge in [0.05, 0.1) is 34.3 Å². The highest BCUT2D eigenvalue weighted by atomic mass is 16.3. The molecule has 1 aromatic heterocycles. The van der Waals surface area contributed by atoms with E-state index >= 15 is 0 Å². The largest absolute Gasteiger partial charge is 0.369 e. The standard InChI is InChI=1S/C32H18N4O/c33-17-21-11-13-24-29-25(14-12-22(18-34)28(21)29)32(37)36-30-26(20-9-5-2-6-10-20)15-23(16-27(30)35-31(24)36)19-7-3-1-4-8-19/h1-16,32,37H. The van der Waals surface area contributed by atoms with Gasteiger partial charge in [0.25, 0.3) is 0 Å². The van der Waals surface area contributed by atoms with E-state index in [1.807, 2.05) is 47.0 Å². The molecule has 5 nitrogen and oxygen atoms in total. The fourth-order valence-electron chi connectivity index (χ4n) is 5.54. The van der Waals surface area contributed by atoms with Crippen molar-refractivity contribution in [3.05, 3.63) is 114 Å². The number of benzene rings is 5. The van der Waals surface area contributed by atoms with E-state index in [1.165, 1.54) is 0 Å². The van der Waals surface area contributed by atoms with Crippen LogP contribution in [0.4, 0.5) is 0 Å². The van der Waals surface area contributed by atoms with Crippen LogP contribution >= 0.6 is 0 Å². The Labute approximate surface area is 212 Å². The summed E-state index contributed by atoms with van der Waals surface area (Å²) in [5.41, 5.74) is 7.97. The molecule has 5 aromatic carbocycles. The molecule has 7 rings (SSSR count). The van der Waals surface area contributed by atoms with Crippen molar-refractivity contribution in [2.45, 2.75) is 6.23 Å². The molecule has 0 aliphatic carbocycles. The van der Waals surface area contributed by atoms with E-state index < -0.39 is 6.23 Å². The third kappa shape index (κ3) is 2.96. The summed E-state index contributed by atoms with van der Waals surface area (Å²) >= 11 is 0. The van der Waals surface area contributed by atoms with Crippen LogP contribution in [-0.2, 0) is 0 Å². The summed E-state index contributed by atoms with van der Waals surface area (Å²) in [6, 6.07) is 36.0. The minimum atomic E-state index is -1.03. The van der Waals surface area contributed by atoms with Crippen LogP contribution in [0.25, 0.3) is 55.4 Å². The molecule has 2 heterocycles. The highest BCUT2D eigenvalue weighted by Crippen LogP contribution is 2.46. The number of aliphatic hydroxyl groups is 1. The van der Waals surface area contributed by atoms with Gasteiger partial charge in [-0.15, -0.1) is 0 Å². The second-order valence-electron chi connectivity index (χ2n) is 9.14.